The predicted octanol–water partition coefficient (Wildman–Crippen LogP) is 0.299. The molecule has 0 spiro atoms. The summed E-state index contributed by atoms with van der Waals surface area (Å²) in [5, 5.41) is 2.66. The maximum Gasteiger partial charge on any atom is 0.245 e. The summed E-state index contributed by atoms with van der Waals surface area (Å²) in [5.74, 6) is -0.0900. The molecule has 0 aliphatic carbocycles. The fourth-order valence-corrected chi connectivity index (χ4v) is 1.51. The lowest BCUT2D eigenvalue weighted by Crippen LogP contribution is -2.57. The smallest absolute Gasteiger partial charge is 0.245 e. The molecule has 1 fully saturated rings. The largest absolute Gasteiger partial charge is 0.343 e. The fourth-order valence-electron chi connectivity index (χ4n) is 1.51. The van der Waals surface area contributed by atoms with Gasteiger partial charge in [-0.2, -0.15) is 0 Å². The van der Waals surface area contributed by atoms with Crippen LogP contribution in [-0.2, 0) is 9.59 Å². The van der Waals surface area contributed by atoms with Gasteiger partial charge in [-0.25, -0.2) is 0 Å². The molecule has 0 bridgehead atoms. The first kappa shape index (κ1) is 10.8. The van der Waals surface area contributed by atoms with Crippen molar-refractivity contribution in [3.63, 3.8) is 0 Å². The maximum absolute atomic E-state index is 11.7. The maximum atomic E-state index is 11.7. The van der Waals surface area contributed by atoms with Gasteiger partial charge in [-0.1, -0.05) is 19.1 Å². The topological polar surface area (TPSA) is 49.4 Å². The van der Waals surface area contributed by atoms with Crippen LogP contribution in [0.15, 0.2) is 12.2 Å². The molecule has 14 heavy (non-hydrogen) atoms. The van der Waals surface area contributed by atoms with Crippen molar-refractivity contribution in [1.29, 1.82) is 0 Å². The number of rotatable bonds is 3. The number of nitrogens with zero attached hydrogens (tertiary/aromatic N) is 1. The molecule has 1 aliphatic rings. The van der Waals surface area contributed by atoms with Crippen LogP contribution < -0.4 is 5.32 Å². The summed E-state index contributed by atoms with van der Waals surface area (Å²) in [6.45, 7) is 8.09. The zero-order valence-corrected chi connectivity index (χ0v) is 8.67. The van der Waals surface area contributed by atoms with Crippen molar-refractivity contribution in [1.82, 2.24) is 10.2 Å². The van der Waals surface area contributed by atoms with Gasteiger partial charge in [-0.05, 0) is 13.3 Å². The number of piperazine rings is 1. The van der Waals surface area contributed by atoms with E-state index in [1.165, 1.54) is 0 Å². The Morgan fingerprint density at radius 3 is 2.79 bits per heavy atom. The molecule has 1 rings (SSSR count). The standard InChI is InChI=1S/C10H16N2O2/c1-4-8-10(14)12(5-7(2)3)6-9(13)11-8/h8H,2,4-6H2,1,3H3,(H,11,13). The molecular formula is C10H16N2O2. The highest BCUT2D eigenvalue weighted by molar-refractivity contribution is 5.94. The third kappa shape index (κ3) is 2.34. The van der Waals surface area contributed by atoms with Crippen LogP contribution in [0, 0.1) is 0 Å². The van der Waals surface area contributed by atoms with E-state index in [1.807, 2.05) is 13.8 Å². The minimum atomic E-state index is -0.351. The number of carbonyl (C=O) groups is 2. The zero-order valence-electron chi connectivity index (χ0n) is 8.67. The highest BCUT2D eigenvalue weighted by atomic mass is 16.2. The summed E-state index contributed by atoms with van der Waals surface area (Å²) in [4.78, 5) is 24.5. The molecule has 1 heterocycles. The van der Waals surface area contributed by atoms with E-state index in [9.17, 15) is 9.59 Å². The lowest BCUT2D eigenvalue weighted by Gasteiger charge is -2.32. The molecule has 0 radical (unpaired) electrons. The minimum absolute atomic E-state index is 0.00454. The molecule has 1 unspecified atom stereocenters. The molecule has 0 aromatic rings. The van der Waals surface area contributed by atoms with E-state index in [0.717, 1.165) is 5.57 Å². The first-order valence-electron chi connectivity index (χ1n) is 4.77. The Labute approximate surface area is 84.0 Å². The fraction of sp³-hybridized carbons (Fsp3) is 0.600. The number of amides is 2. The average Bonchev–Trinajstić information content (AvgIpc) is 2.09. The predicted molar refractivity (Wildman–Crippen MR) is 53.6 cm³/mol. The van der Waals surface area contributed by atoms with Gasteiger partial charge in [-0.15, -0.1) is 0 Å². The molecular weight excluding hydrogens is 180 g/mol. The van der Waals surface area contributed by atoms with Crippen molar-refractivity contribution in [2.75, 3.05) is 13.1 Å². The molecule has 78 valence electrons. The van der Waals surface area contributed by atoms with Gasteiger partial charge >= 0.3 is 0 Å². The lowest BCUT2D eigenvalue weighted by atomic mass is 10.1. The lowest BCUT2D eigenvalue weighted by molar-refractivity contribution is -0.143. The molecule has 1 aliphatic heterocycles. The van der Waals surface area contributed by atoms with Crippen molar-refractivity contribution in [3.05, 3.63) is 12.2 Å². The first-order valence-corrected chi connectivity index (χ1v) is 4.77. The van der Waals surface area contributed by atoms with Gasteiger partial charge in [0.15, 0.2) is 0 Å². The van der Waals surface area contributed by atoms with Gasteiger partial charge in [0.1, 0.15) is 6.04 Å². The first-order chi connectivity index (χ1) is 6.54. The highest BCUT2D eigenvalue weighted by Crippen LogP contribution is 2.07. The molecule has 4 heteroatoms. The normalized spacial score (nSPS) is 22.1. The second kappa shape index (κ2) is 4.26. The van der Waals surface area contributed by atoms with E-state index in [4.69, 9.17) is 0 Å². The van der Waals surface area contributed by atoms with E-state index < -0.39 is 0 Å². The molecule has 0 aromatic carbocycles. The van der Waals surface area contributed by atoms with Crippen molar-refractivity contribution >= 4 is 11.8 Å². The molecule has 0 saturated carbocycles. The van der Waals surface area contributed by atoms with Crippen LogP contribution in [-0.4, -0.2) is 35.8 Å². The van der Waals surface area contributed by atoms with Crippen molar-refractivity contribution in [2.24, 2.45) is 0 Å². The van der Waals surface area contributed by atoms with E-state index in [1.54, 1.807) is 4.90 Å². The third-order valence-electron chi connectivity index (χ3n) is 2.15. The van der Waals surface area contributed by atoms with Gasteiger partial charge in [0.05, 0.1) is 6.54 Å². The van der Waals surface area contributed by atoms with Crippen LogP contribution in [0.1, 0.15) is 20.3 Å². The Morgan fingerprint density at radius 2 is 2.29 bits per heavy atom. The summed E-state index contributed by atoms with van der Waals surface area (Å²) in [5.41, 5.74) is 0.892. The van der Waals surface area contributed by atoms with Crippen molar-refractivity contribution in [2.45, 2.75) is 26.3 Å². The van der Waals surface area contributed by atoms with Crippen LogP contribution in [0.3, 0.4) is 0 Å². The molecule has 4 nitrogen and oxygen atoms in total. The number of hydrogen-bond donors (Lipinski definition) is 1. The number of hydrogen-bond acceptors (Lipinski definition) is 2. The van der Waals surface area contributed by atoms with Gasteiger partial charge in [0.25, 0.3) is 0 Å². The summed E-state index contributed by atoms with van der Waals surface area (Å²) < 4.78 is 0. The Balaban J connectivity index is 2.69. The van der Waals surface area contributed by atoms with Crippen molar-refractivity contribution in [3.8, 4) is 0 Å². The van der Waals surface area contributed by atoms with Crippen molar-refractivity contribution < 1.29 is 9.59 Å². The van der Waals surface area contributed by atoms with Crippen LogP contribution in [0.2, 0.25) is 0 Å². The van der Waals surface area contributed by atoms with Crippen LogP contribution in [0.5, 0.6) is 0 Å². The molecule has 1 N–H and O–H groups in total. The molecule has 2 amide bonds. The third-order valence-corrected chi connectivity index (χ3v) is 2.15. The Bertz CT molecular complexity index is 271. The molecule has 0 aromatic heterocycles. The van der Waals surface area contributed by atoms with Gasteiger partial charge in [0.2, 0.25) is 11.8 Å². The van der Waals surface area contributed by atoms with Crippen LogP contribution in [0.4, 0.5) is 0 Å². The Kier molecular flexibility index (Phi) is 3.28. The summed E-state index contributed by atoms with van der Waals surface area (Å²) in [6.07, 6.45) is 0.636. The molecule has 1 saturated heterocycles. The molecule has 1 atom stereocenters. The van der Waals surface area contributed by atoms with E-state index >= 15 is 0 Å². The number of nitrogens with one attached hydrogen (secondary N) is 1. The monoisotopic (exact) mass is 196 g/mol. The van der Waals surface area contributed by atoms with Crippen LogP contribution >= 0.6 is 0 Å². The zero-order chi connectivity index (χ0) is 10.7. The summed E-state index contributed by atoms with van der Waals surface area (Å²) >= 11 is 0. The quantitative estimate of drug-likeness (QED) is 0.660. The Morgan fingerprint density at radius 1 is 1.64 bits per heavy atom. The highest BCUT2D eigenvalue weighted by Gasteiger charge is 2.30. The van der Waals surface area contributed by atoms with E-state index in [-0.39, 0.29) is 24.4 Å². The van der Waals surface area contributed by atoms with E-state index in [2.05, 4.69) is 11.9 Å². The van der Waals surface area contributed by atoms with Gasteiger partial charge < -0.3 is 10.2 Å². The van der Waals surface area contributed by atoms with Gasteiger partial charge in [0, 0.05) is 6.54 Å². The van der Waals surface area contributed by atoms with Crippen LogP contribution in [0.25, 0.3) is 0 Å². The summed E-state index contributed by atoms with van der Waals surface area (Å²) in [7, 11) is 0. The average molecular weight is 196 g/mol. The second-order valence-corrected chi connectivity index (χ2v) is 3.68. The summed E-state index contributed by atoms with van der Waals surface area (Å²) in [6, 6.07) is -0.351. The Hall–Kier alpha value is -1.32. The minimum Gasteiger partial charge on any atom is -0.343 e. The van der Waals surface area contributed by atoms with E-state index in [0.29, 0.717) is 13.0 Å². The second-order valence-electron chi connectivity index (χ2n) is 3.68. The van der Waals surface area contributed by atoms with Gasteiger partial charge in [-0.3, -0.25) is 9.59 Å². The SMILES string of the molecule is C=C(C)CN1CC(=O)NC(CC)C1=O. The number of carbonyl (C=O) groups excluding carboxylic acids is 2.